The quantitative estimate of drug-likeness (QED) is 0.409. The third-order valence-electron chi connectivity index (χ3n) is 5.32. The topological polar surface area (TPSA) is 47.4 Å². The highest BCUT2D eigenvalue weighted by Crippen LogP contribution is 2.34. The normalized spacial score (nSPS) is 16.3. The van der Waals surface area contributed by atoms with Crippen LogP contribution in [0.5, 0.6) is 0 Å². The smallest absolute Gasteiger partial charge is 0.410 e. The van der Waals surface area contributed by atoms with Crippen LogP contribution < -0.4 is 0 Å². The molecule has 1 amide bonds. The highest BCUT2D eigenvalue weighted by molar-refractivity contribution is 6.83. The second kappa shape index (κ2) is 8.40. The molecule has 32 heavy (non-hydrogen) atoms. The van der Waals surface area contributed by atoms with Crippen molar-refractivity contribution in [3.05, 3.63) is 46.0 Å². The van der Waals surface area contributed by atoms with Gasteiger partial charge in [0.25, 0.3) is 0 Å². The average molecular weight is 456 g/mol. The van der Waals surface area contributed by atoms with Gasteiger partial charge in [-0.1, -0.05) is 25.6 Å². The minimum absolute atomic E-state index is 0.204. The lowest BCUT2D eigenvalue weighted by atomic mass is 9.98. The monoisotopic (exact) mass is 455 g/mol. The van der Waals surface area contributed by atoms with Gasteiger partial charge in [0, 0.05) is 18.5 Å². The summed E-state index contributed by atoms with van der Waals surface area (Å²) >= 11 is 0. The fraction of sp³-hybridized carbons (Fsp3) is 0.520. The summed E-state index contributed by atoms with van der Waals surface area (Å²) in [6.45, 7) is 18.2. The van der Waals surface area contributed by atoms with Gasteiger partial charge in [-0.2, -0.15) is 5.10 Å². The first-order chi connectivity index (χ1) is 14.7. The molecule has 7 heteroatoms. The van der Waals surface area contributed by atoms with Gasteiger partial charge >= 0.3 is 6.09 Å². The zero-order valence-corrected chi connectivity index (χ0v) is 21.7. The van der Waals surface area contributed by atoms with Crippen LogP contribution in [0.1, 0.15) is 61.8 Å². The second-order valence-electron chi connectivity index (χ2n) is 10.6. The molecule has 2 aromatic rings. The van der Waals surface area contributed by atoms with E-state index in [1.807, 2.05) is 32.4 Å². The van der Waals surface area contributed by atoms with Crippen molar-refractivity contribution in [2.75, 3.05) is 6.54 Å². The van der Waals surface area contributed by atoms with Crippen LogP contribution in [0.15, 0.2) is 12.1 Å². The second-order valence-corrected chi connectivity index (χ2v) is 15.4. The molecule has 0 saturated heterocycles. The Bertz CT molecular complexity index is 1090. The lowest BCUT2D eigenvalue weighted by Gasteiger charge is -2.34. The van der Waals surface area contributed by atoms with Crippen molar-refractivity contribution in [3.63, 3.8) is 0 Å². The van der Waals surface area contributed by atoms with Crippen LogP contribution in [0.25, 0.3) is 5.69 Å². The molecule has 3 rings (SSSR count). The van der Waals surface area contributed by atoms with Gasteiger partial charge in [-0.05, 0) is 64.8 Å². The molecule has 0 radical (unpaired) electrons. The molecule has 0 saturated carbocycles. The Morgan fingerprint density at radius 1 is 1.22 bits per heavy atom. The fourth-order valence-corrected chi connectivity index (χ4v) is 4.34. The number of amides is 1. The van der Waals surface area contributed by atoms with E-state index in [-0.39, 0.29) is 18.0 Å². The summed E-state index contributed by atoms with van der Waals surface area (Å²) < 4.78 is 21.8. The minimum Gasteiger partial charge on any atom is -0.444 e. The lowest BCUT2D eigenvalue weighted by Crippen LogP contribution is -2.42. The van der Waals surface area contributed by atoms with E-state index in [1.54, 1.807) is 30.9 Å². The van der Waals surface area contributed by atoms with E-state index in [4.69, 9.17) is 9.84 Å². The molecule has 0 fully saturated rings. The molecule has 1 aromatic carbocycles. The van der Waals surface area contributed by atoms with Gasteiger partial charge in [-0.3, -0.25) is 0 Å². The highest BCUT2D eigenvalue weighted by atomic mass is 28.3. The Kier molecular flexibility index (Phi) is 6.31. The maximum absolute atomic E-state index is 14.3. The third-order valence-corrected chi connectivity index (χ3v) is 6.20. The summed E-state index contributed by atoms with van der Waals surface area (Å²) in [5.41, 5.74) is 7.46. The number of halogens is 1. The van der Waals surface area contributed by atoms with Gasteiger partial charge in [0.15, 0.2) is 0 Å². The average Bonchev–Trinajstić information content (AvgIpc) is 3.01. The summed E-state index contributed by atoms with van der Waals surface area (Å²) in [4.78, 5) is 14.6. The number of benzene rings is 1. The molecule has 0 bridgehead atoms. The van der Waals surface area contributed by atoms with Crippen molar-refractivity contribution in [2.45, 2.75) is 79.2 Å². The van der Waals surface area contributed by atoms with Gasteiger partial charge in [0.1, 0.15) is 25.2 Å². The number of hydrogen-bond acceptors (Lipinski definition) is 3. The van der Waals surface area contributed by atoms with E-state index in [1.165, 1.54) is 0 Å². The van der Waals surface area contributed by atoms with Gasteiger partial charge in [-0.15, -0.1) is 5.54 Å². The molecule has 1 aromatic heterocycles. The summed E-state index contributed by atoms with van der Waals surface area (Å²) in [6, 6.07) is 3.38. The summed E-state index contributed by atoms with van der Waals surface area (Å²) in [7, 11) is -1.67. The molecule has 5 nitrogen and oxygen atoms in total. The Morgan fingerprint density at radius 2 is 1.81 bits per heavy atom. The van der Waals surface area contributed by atoms with Gasteiger partial charge in [0.2, 0.25) is 0 Å². The van der Waals surface area contributed by atoms with E-state index in [0.29, 0.717) is 24.1 Å². The van der Waals surface area contributed by atoms with Gasteiger partial charge in [0.05, 0.1) is 17.4 Å². The van der Waals surface area contributed by atoms with E-state index >= 15 is 0 Å². The van der Waals surface area contributed by atoms with Crippen LogP contribution in [0.3, 0.4) is 0 Å². The summed E-state index contributed by atoms with van der Waals surface area (Å²) in [5.74, 6) is 3.19. The number of nitrogens with zero attached hydrogens (tertiary/aromatic N) is 3. The van der Waals surface area contributed by atoms with Crippen molar-refractivity contribution in [3.8, 4) is 17.2 Å². The van der Waals surface area contributed by atoms with E-state index in [0.717, 1.165) is 22.6 Å². The Labute approximate surface area is 192 Å². The van der Waals surface area contributed by atoms with Crippen molar-refractivity contribution in [1.29, 1.82) is 0 Å². The van der Waals surface area contributed by atoms with E-state index in [9.17, 15) is 9.18 Å². The summed E-state index contributed by atoms with van der Waals surface area (Å²) in [6.07, 6.45) is 0.285. The van der Waals surface area contributed by atoms with Gasteiger partial charge in [-0.25, -0.2) is 13.9 Å². The maximum atomic E-state index is 14.3. The molecule has 172 valence electrons. The number of fused-ring (bicyclic) bond motifs is 1. The van der Waals surface area contributed by atoms with Crippen LogP contribution in [-0.2, 0) is 11.2 Å². The van der Waals surface area contributed by atoms with Crippen LogP contribution in [0.4, 0.5) is 9.18 Å². The fourth-order valence-electron chi connectivity index (χ4n) is 3.84. The van der Waals surface area contributed by atoms with Crippen molar-refractivity contribution < 1.29 is 13.9 Å². The molecule has 0 aliphatic carbocycles. The zero-order valence-electron chi connectivity index (χ0n) is 20.7. The number of aryl methyl sites for hydroxylation is 2. The molecule has 1 atom stereocenters. The largest absolute Gasteiger partial charge is 0.444 e. The molecule has 0 N–H and O–H groups in total. The molecule has 0 unspecified atom stereocenters. The van der Waals surface area contributed by atoms with Crippen LogP contribution in [0.2, 0.25) is 19.6 Å². The molecular formula is C25H34FN3O2Si. The molecular weight excluding hydrogens is 421 g/mol. The predicted octanol–water partition coefficient (Wildman–Crippen LogP) is 5.71. The molecule has 1 aliphatic rings. The van der Waals surface area contributed by atoms with Crippen LogP contribution in [0, 0.1) is 31.1 Å². The first-order valence-electron chi connectivity index (χ1n) is 11.1. The Hall–Kier alpha value is -2.59. The number of carbonyl (C=O) groups is 1. The molecule has 2 heterocycles. The number of ether oxygens (including phenoxy) is 1. The standard InChI is InChI=1S/C25H34FN3O2Si/c1-16-14-19(15-17(2)23(16)26)29-21(11-13-32(7,8)9)22-18(3)28(12-10-20(22)27-29)24(30)31-25(4,5)6/h14-15,18H,10,12H2,1-9H3/t18-/m0/s1. The highest BCUT2D eigenvalue weighted by Gasteiger charge is 2.35. The first kappa shape index (κ1) is 24.1. The van der Waals surface area contributed by atoms with Crippen molar-refractivity contribution in [1.82, 2.24) is 14.7 Å². The number of hydrogen-bond donors (Lipinski definition) is 0. The van der Waals surface area contributed by atoms with E-state index < -0.39 is 13.7 Å². The first-order valence-corrected chi connectivity index (χ1v) is 14.6. The Balaban J connectivity index is 2.16. The predicted molar refractivity (Wildman–Crippen MR) is 128 cm³/mol. The third kappa shape index (κ3) is 5.07. The van der Waals surface area contributed by atoms with Gasteiger partial charge < -0.3 is 9.64 Å². The van der Waals surface area contributed by atoms with Crippen LogP contribution >= 0.6 is 0 Å². The molecule has 0 spiro atoms. The zero-order chi connectivity index (χ0) is 24.0. The van der Waals surface area contributed by atoms with Crippen molar-refractivity contribution in [2.24, 2.45) is 0 Å². The van der Waals surface area contributed by atoms with Crippen LogP contribution in [-0.4, -0.2) is 41.0 Å². The van der Waals surface area contributed by atoms with E-state index in [2.05, 4.69) is 31.1 Å². The number of aromatic nitrogens is 2. The Morgan fingerprint density at radius 3 is 2.34 bits per heavy atom. The summed E-state index contributed by atoms with van der Waals surface area (Å²) in [5, 5.41) is 4.88. The SMILES string of the molecule is Cc1cc(-n2nc3c(c2C#C[Si](C)(C)C)[C@H](C)N(C(=O)OC(C)(C)C)CC3)cc(C)c1F. The number of rotatable bonds is 1. The lowest BCUT2D eigenvalue weighted by molar-refractivity contribution is 0.0159. The van der Waals surface area contributed by atoms with Crippen molar-refractivity contribution >= 4 is 14.2 Å². The maximum Gasteiger partial charge on any atom is 0.410 e. The molecule has 1 aliphatic heterocycles. The number of carbonyl (C=O) groups excluding carboxylic acids is 1. The minimum atomic E-state index is -1.67.